The van der Waals surface area contributed by atoms with Crippen LogP contribution >= 0.6 is 0 Å². The van der Waals surface area contributed by atoms with Gasteiger partial charge >= 0.3 is 24.1 Å². The maximum absolute atomic E-state index is 14.2. The number of carboxylic acids is 1. The highest BCUT2D eigenvalue weighted by Crippen LogP contribution is 2.38. The SMILES string of the molecule is COC(=O)c1c(F)ccc(NC(=O)N2C[C@@H](C(F)(F)F)[C@H](C(=O)O)C2)c1F. The molecule has 2 atom stereocenters. The van der Waals surface area contributed by atoms with Crippen LogP contribution in [-0.4, -0.2) is 54.4 Å². The lowest BCUT2D eigenvalue weighted by Crippen LogP contribution is -2.35. The Kier molecular flexibility index (Phi) is 5.56. The number of ether oxygens (including phenoxy) is 1. The number of anilines is 1. The molecule has 0 aliphatic carbocycles. The lowest BCUT2D eigenvalue weighted by Gasteiger charge is -2.19. The Bertz CT molecular complexity index is 783. The number of halogens is 5. The van der Waals surface area contributed by atoms with Crippen LogP contribution in [0.4, 0.5) is 32.4 Å². The summed E-state index contributed by atoms with van der Waals surface area (Å²) in [6.07, 6.45) is -4.85. The summed E-state index contributed by atoms with van der Waals surface area (Å²) in [5, 5.41) is 10.8. The predicted molar refractivity (Wildman–Crippen MR) is 79.0 cm³/mol. The summed E-state index contributed by atoms with van der Waals surface area (Å²) in [5.41, 5.74) is -1.77. The maximum Gasteiger partial charge on any atom is 0.394 e. The number of nitrogens with one attached hydrogen (secondary N) is 1. The van der Waals surface area contributed by atoms with E-state index in [1.54, 1.807) is 0 Å². The molecule has 0 saturated carbocycles. The number of rotatable bonds is 3. The van der Waals surface area contributed by atoms with Crippen LogP contribution in [0.15, 0.2) is 12.1 Å². The number of hydrogen-bond donors (Lipinski definition) is 2. The predicted octanol–water partition coefficient (Wildman–Crippen LogP) is 2.48. The number of carbonyl (C=O) groups is 3. The number of carbonyl (C=O) groups excluding carboxylic acids is 2. The summed E-state index contributed by atoms with van der Waals surface area (Å²) in [4.78, 5) is 35.1. The second-order valence-corrected chi connectivity index (χ2v) is 5.70. The summed E-state index contributed by atoms with van der Waals surface area (Å²) >= 11 is 0. The number of benzene rings is 1. The Balaban J connectivity index is 2.23. The van der Waals surface area contributed by atoms with Gasteiger partial charge in [-0.15, -0.1) is 0 Å². The molecule has 7 nitrogen and oxygen atoms in total. The largest absolute Gasteiger partial charge is 0.481 e. The van der Waals surface area contributed by atoms with Crippen LogP contribution in [0.1, 0.15) is 10.4 Å². The van der Waals surface area contributed by atoms with E-state index in [9.17, 15) is 36.3 Å². The minimum absolute atomic E-state index is 0.553. The fraction of sp³-hybridized carbons (Fsp3) is 0.400. The maximum atomic E-state index is 14.2. The van der Waals surface area contributed by atoms with Crippen molar-refractivity contribution in [1.82, 2.24) is 4.90 Å². The first kappa shape index (κ1) is 20.4. The minimum Gasteiger partial charge on any atom is -0.481 e. The fourth-order valence-electron chi connectivity index (χ4n) is 2.68. The topological polar surface area (TPSA) is 95.9 Å². The van der Waals surface area contributed by atoms with Crippen molar-refractivity contribution in [3.05, 3.63) is 29.3 Å². The molecule has 1 saturated heterocycles. The third kappa shape index (κ3) is 4.09. The van der Waals surface area contributed by atoms with Crippen LogP contribution < -0.4 is 5.32 Å². The Labute approximate surface area is 148 Å². The van der Waals surface area contributed by atoms with Crippen LogP contribution in [0.5, 0.6) is 0 Å². The molecular weight excluding hydrogens is 383 g/mol. The van der Waals surface area contributed by atoms with Gasteiger partial charge in [-0.05, 0) is 12.1 Å². The second-order valence-electron chi connectivity index (χ2n) is 5.70. The summed E-state index contributed by atoms with van der Waals surface area (Å²) in [7, 11) is 0.875. The highest BCUT2D eigenvalue weighted by molar-refractivity contribution is 5.95. The first-order chi connectivity index (χ1) is 12.5. The lowest BCUT2D eigenvalue weighted by molar-refractivity contribution is -0.187. The number of alkyl halides is 3. The van der Waals surface area contributed by atoms with E-state index < -0.39 is 72.0 Å². The molecule has 0 spiro atoms. The van der Waals surface area contributed by atoms with Gasteiger partial charge in [0, 0.05) is 13.1 Å². The van der Waals surface area contributed by atoms with Crippen molar-refractivity contribution < 1.29 is 46.2 Å². The van der Waals surface area contributed by atoms with E-state index in [2.05, 4.69) is 4.74 Å². The molecule has 1 aromatic carbocycles. The number of amides is 2. The van der Waals surface area contributed by atoms with E-state index in [-0.39, 0.29) is 0 Å². The average molecular weight is 396 g/mol. The van der Waals surface area contributed by atoms with Gasteiger partial charge in [-0.3, -0.25) is 4.79 Å². The number of nitrogens with zero attached hydrogens (tertiary/aromatic N) is 1. The quantitative estimate of drug-likeness (QED) is 0.605. The van der Waals surface area contributed by atoms with Crippen molar-refractivity contribution in [2.24, 2.45) is 11.8 Å². The van der Waals surface area contributed by atoms with E-state index in [1.807, 2.05) is 5.32 Å². The van der Waals surface area contributed by atoms with E-state index in [1.165, 1.54) is 0 Å². The molecule has 12 heteroatoms. The Morgan fingerprint density at radius 2 is 1.85 bits per heavy atom. The fourth-order valence-corrected chi connectivity index (χ4v) is 2.68. The van der Waals surface area contributed by atoms with E-state index in [0.717, 1.165) is 13.2 Å². The van der Waals surface area contributed by atoms with Crippen molar-refractivity contribution in [3.8, 4) is 0 Å². The first-order valence-electron chi connectivity index (χ1n) is 7.39. The van der Waals surface area contributed by atoms with Crippen LogP contribution in [0.25, 0.3) is 0 Å². The lowest BCUT2D eigenvalue weighted by atomic mass is 9.96. The molecule has 2 amide bonds. The Morgan fingerprint density at radius 1 is 1.22 bits per heavy atom. The number of likely N-dealkylation sites (tertiary alicyclic amines) is 1. The third-order valence-electron chi connectivity index (χ3n) is 4.07. The molecule has 1 aromatic rings. The molecule has 1 fully saturated rings. The van der Waals surface area contributed by atoms with E-state index >= 15 is 0 Å². The monoisotopic (exact) mass is 396 g/mol. The minimum atomic E-state index is -4.85. The zero-order valence-electron chi connectivity index (χ0n) is 13.6. The molecule has 0 radical (unpaired) electrons. The van der Waals surface area contributed by atoms with Crippen molar-refractivity contribution in [3.63, 3.8) is 0 Å². The van der Waals surface area contributed by atoms with Crippen molar-refractivity contribution in [2.75, 3.05) is 25.5 Å². The van der Waals surface area contributed by atoms with Gasteiger partial charge in [0.15, 0.2) is 5.82 Å². The van der Waals surface area contributed by atoms with E-state index in [4.69, 9.17) is 5.11 Å². The third-order valence-corrected chi connectivity index (χ3v) is 4.07. The molecule has 27 heavy (non-hydrogen) atoms. The Hall–Kier alpha value is -2.92. The highest BCUT2D eigenvalue weighted by atomic mass is 19.4. The molecule has 148 valence electrons. The zero-order valence-corrected chi connectivity index (χ0v) is 13.6. The summed E-state index contributed by atoms with van der Waals surface area (Å²) in [5.74, 6) is -9.99. The van der Waals surface area contributed by atoms with Gasteiger partial charge < -0.3 is 20.1 Å². The Morgan fingerprint density at radius 3 is 2.33 bits per heavy atom. The summed E-state index contributed by atoms with van der Waals surface area (Å²) in [6.45, 7) is -1.70. The average Bonchev–Trinajstić information content (AvgIpc) is 3.03. The molecule has 1 heterocycles. The highest BCUT2D eigenvalue weighted by Gasteiger charge is 2.53. The molecule has 0 unspecified atom stereocenters. The van der Waals surface area contributed by atoms with Gasteiger partial charge in [0.05, 0.1) is 24.6 Å². The van der Waals surface area contributed by atoms with E-state index in [0.29, 0.717) is 11.0 Å². The smallest absolute Gasteiger partial charge is 0.394 e. The van der Waals surface area contributed by atoms with Gasteiger partial charge in [0.25, 0.3) is 0 Å². The molecular formula is C15H13F5N2O5. The van der Waals surface area contributed by atoms with Crippen molar-refractivity contribution in [1.29, 1.82) is 0 Å². The molecule has 2 rings (SSSR count). The number of hydrogen-bond acceptors (Lipinski definition) is 4. The number of aliphatic carboxylic acids is 1. The molecule has 2 N–H and O–H groups in total. The molecule has 1 aliphatic rings. The standard InChI is InChI=1S/C15H13F5N2O5/c1-27-13(25)10-8(16)2-3-9(11(10)17)21-14(26)22-4-6(12(23)24)7(5-22)15(18,19)20/h2-3,6-7H,4-5H2,1H3,(H,21,26)(H,23,24)/t6-,7-/m1/s1. The van der Waals surface area contributed by atoms with Gasteiger partial charge in [-0.2, -0.15) is 13.2 Å². The van der Waals surface area contributed by atoms with Crippen LogP contribution in [0.3, 0.4) is 0 Å². The molecule has 0 aromatic heterocycles. The van der Waals surface area contributed by atoms with Gasteiger partial charge in [0.1, 0.15) is 11.4 Å². The van der Waals surface area contributed by atoms with Crippen molar-refractivity contribution in [2.45, 2.75) is 6.18 Å². The van der Waals surface area contributed by atoms with Gasteiger partial charge in [-0.25, -0.2) is 18.4 Å². The number of carboxylic acid groups (broad SMARTS) is 1. The van der Waals surface area contributed by atoms with Crippen LogP contribution in [0.2, 0.25) is 0 Å². The van der Waals surface area contributed by atoms with Crippen LogP contribution in [-0.2, 0) is 9.53 Å². The van der Waals surface area contributed by atoms with Gasteiger partial charge in [0.2, 0.25) is 0 Å². The first-order valence-corrected chi connectivity index (χ1v) is 7.39. The van der Waals surface area contributed by atoms with Gasteiger partial charge in [-0.1, -0.05) is 0 Å². The summed E-state index contributed by atoms with van der Waals surface area (Å²) in [6, 6.07) is 0.198. The molecule has 1 aliphatic heterocycles. The normalized spacial score (nSPS) is 19.7. The number of methoxy groups -OCH3 is 1. The van der Waals surface area contributed by atoms with Crippen LogP contribution in [0, 0.1) is 23.5 Å². The zero-order chi connectivity index (χ0) is 20.5. The van der Waals surface area contributed by atoms with Crippen molar-refractivity contribution >= 4 is 23.7 Å². The molecule has 0 bridgehead atoms. The second kappa shape index (κ2) is 7.37. The number of urea groups is 1. The summed E-state index contributed by atoms with van der Waals surface area (Å²) < 4.78 is 70.9. The number of esters is 1.